The number of nitrogens with zero attached hydrogens (tertiary/aromatic N) is 1. The molecule has 5 nitrogen and oxygen atoms in total. The maximum absolute atomic E-state index is 14.1. The van der Waals surface area contributed by atoms with Crippen LogP contribution in [0, 0.1) is 6.92 Å². The van der Waals surface area contributed by atoms with Gasteiger partial charge in [-0.2, -0.15) is 0 Å². The topological polar surface area (TPSA) is 66.8 Å². The molecule has 6 heteroatoms. The van der Waals surface area contributed by atoms with Gasteiger partial charge in [0.1, 0.15) is 5.75 Å². The number of aliphatic carboxylic acids is 1. The fraction of sp³-hybridized carbons (Fsp3) is 0.556. The monoisotopic (exact) mass is 337 g/mol. The van der Waals surface area contributed by atoms with Crippen molar-refractivity contribution in [2.75, 3.05) is 13.1 Å². The van der Waals surface area contributed by atoms with Crippen LogP contribution in [0.25, 0.3) is 0 Å². The van der Waals surface area contributed by atoms with Gasteiger partial charge in [-0.15, -0.1) is 0 Å². The molecule has 0 spiro atoms. The van der Waals surface area contributed by atoms with E-state index in [1.807, 2.05) is 25.1 Å². The number of amides is 1. The quantitative estimate of drug-likeness (QED) is 0.897. The van der Waals surface area contributed by atoms with Crippen molar-refractivity contribution in [1.82, 2.24) is 4.90 Å². The number of carbonyl (C=O) groups is 2. The van der Waals surface area contributed by atoms with E-state index in [0.717, 1.165) is 5.56 Å². The van der Waals surface area contributed by atoms with E-state index in [2.05, 4.69) is 13.8 Å². The average molecular weight is 337 g/mol. The van der Waals surface area contributed by atoms with Crippen LogP contribution in [0.3, 0.4) is 0 Å². The first kappa shape index (κ1) is 18.2. The van der Waals surface area contributed by atoms with Gasteiger partial charge in [0.05, 0.1) is 6.54 Å². The van der Waals surface area contributed by atoms with Crippen molar-refractivity contribution in [3.05, 3.63) is 29.3 Å². The van der Waals surface area contributed by atoms with Crippen LogP contribution in [0.5, 0.6) is 5.75 Å². The van der Waals surface area contributed by atoms with Gasteiger partial charge in [0.15, 0.2) is 6.10 Å². The summed E-state index contributed by atoms with van der Waals surface area (Å²) in [6.45, 7) is 7.44. The zero-order valence-electron chi connectivity index (χ0n) is 14.5. The van der Waals surface area contributed by atoms with E-state index in [-0.39, 0.29) is 13.0 Å². The molecule has 1 heterocycles. The van der Waals surface area contributed by atoms with Crippen LogP contribution in [0.15, 0.2) is 18.2 Å². The molecule has 1 fully saturated rings. The zero-order valence-corrected chi connectivity index (χ0v) is 14.5. The van der Waals surface area contributed by atoms with E-state index in [1.165, 1.54) is 10.5 Å². The SMILES string of the molecule is Cc1cc(OC(C)C(=O)N2CCC(F)(C(=O)O)C2)ccc1C(C)C. The Morgan fingerprint density at radius 1 is 1.33 bits per heavy atom. The van der Waals surface area contributed by atoms with E-state index in [4.69, 9.17) is 9.84 Å². The fourth-order valence-corrected chi connectivity index (χ4v) is 3.02. The van der Waals surface area contributed by atoms with E-state index in [9.17, 15) is 14.0 Å². The minimum absolute atomic E-state index is 0.0840. The Morgan fingerprint density at radius 2 is 2.00 bits per heavy atom. The van der Waals surface area contributed by atoms with Crippen LogP contribution < -0.4 is 4.74 Å². The molecule has 0 radical (unpaired) electrons. The summed E-state index contributed by atoms with van der Waals surface area (Å²) in [5.41, 5.74) is -0.0632. The molecule has 24 heavy (non-hydrogen) atoms. The van der Waals surface area contributed by atoms with Gasteiger partial charge < -0.3 is 14.7 Å². The average Bonchev–Trinajstić information content (AvgIpc) is 2.90. The number of alkyl halides is 1. The summed E-state index contributed by atoms with van der Waals surface area (Å²) in [4.78, 5) is 24.5. The number of rotatable bonds is 5. The molecular weight excluding hydrogens is 313 g/mol. The van der Waals surface area contributed by atoms with Gasteiger partial charge in [-0.1, -0.05) is 19.9 Å². The molecule has 0 bridgehead atoms. The van der Waals surface area contributed by atoms with E-state index in [0.29, 0.717) is 11.7 Å². The predicted octanol–water partition coefficient (Wildman–Crippen LogP) is 2.91. The second-order valence-corrected chi connectivity index (χ2v) is 6.71. The Bertz CT molecular complexity index is 646. The molecule has 0 saturated carbocycles. The maximum Gasteiger partial charge on any atom is 0.343 e. The summed E-state index contributed by atoms with van der Waals surface area (Å²) >= 11 is 0. The van der Waals surface area contributed by atoms with Crippen LogP contribution in [0.1, 0.15) is 44.2 Å². The van der Waals surface area contributed by atoms with Crippen molar-refractivity contribution >= 4 is 11.9 Å². The number of aryl methyl sites for hydroxylation is 1. The lowest BCUT2D eigenvalue weighted by Gasteiger charge is -2.22. The van der Waals surface area contributed by atoms with Gasteiger partial charge in [0.25, 0.3) is 5.91 Å². The van der Waals surface area contributed by atoms with Crippen LogP contribution in [-0.4, -0.2) is 46.7 Å². The van der Waals surface area contributed by atoms with Gasteiger partial charge in [0.2, 0.25) is 5.67 Å². The third-order valence-corrected chi connectivity index (χ3v) is 4.44. The Balaban J connectivity index is 2.02. The molecule has 1 aliphatic heterocycles. The number of hydrogen-bond donors (Lipinski definition) is 1. The first-order chi connectivity index (χ1) is 11.1. The van der Waals surface area contributed by atoms with E-state index in [1.54, 1.807) is 6.92 Å². The van der Waals surface area contributed by atoms with Gasteiger partial charge in [0, 0.05) is 13.0 Å². The fourth-order valence-electron chi connectivity index (χ4n) is 3.02. The highest BCUT2D eigenvalue weighted by molar-refractivity contribution is 5.84. The number of ether oxygens (including phenoxy) is 1. The molecule has 1 aromatic rings. The Labute approximate surface area is 141 Å². The third kappa shape index (κ3) is 3.68. The highest BCUT2D eigenvalue weighted by atomic mass is 19.1. The molecule has 1 aromatic carbocycles. The first-order valence-electron chi connectivity index (χ1n) is 8.12. The Kier molecular flexibility index (Phi) is 5.16. The summed E-state index contributed by atoms with van der Waals surface area (Å²) in [7, 11) is 0. The molecule has 2 rings (SSSR count). The number of hydrogen-bond acceptors (Lipinski definition) is 3. The van der Waals surface area contributed by atoms with Crippen molar-refractivity contribution in [3.63, 3.8) is 0 Å². The molecule has 0 aliphatic carbocycles. The molecule has 2 unspecified atom stereocenters. The minimum atomic E-state index is -2.36. The van der Waals surface area contributed by atoms with Crippen molar-refractivity contribution < 1.29 is 23.8 Å². The van der Waals surface area contributed by atoms with Crippen molar-refractivity contribution in [1.29, 1.82) is 0 Å². The number of likely N-dealkylation sites (tertiary alicyclic amines) is 1. The van der Waals surface area contributed by atoms with E-state index >= 15 is 0 Å². The van der Waals surface area contributed by atoms with Gasteiger partial charge in [-0.3, -0.25) is 4.79 Å². The lowest BCUT2D eigenvalue weighted by molar-refractivity contribution is -0.150. The second kappa shape index (κ2) is 6.79. The number of carboxylic acid groups (broad SMARTS) is 1. The van der Waals surface area contributed by atoms with Crippen LogP contribution in [0.4, 0.5) is 4.39 Å². The molecule has 2 atom stereocenters. The van der Waals surface area contributed by atoms with Crippen LogP contribution in [0.2, 0.25) is 0 Å². The van der Waals surface area contributed by atoms with E-state index < -0.39 is 30.2 Å². The third-order valence-electron chi connectivity index (χ3n) is 4.44. The smallest absolute Gasteiger partial charge is 0.343 e. The minimum Gasteiger partial charge on any atom is -0.481 e. The number of halogens is 1. The van der Waals surface area contributed by atoms with Gasteiger partial charge in [-0.25, -0.2) is 9.18 Å². The lowest BCUT2D eigenvalue weighted by atomic mass is 9.98. The lowest BCUT2D eigenvalue weighted by Crippen LogP contribution is -2.43. The number of carbonyl (C=O) groups excluding carboxylic acids is 1. The first-order valence-corrected chi connectivity index (χ1v) is 8.12. The molecule has 1 aliphatic rings. The summed E-state index contributed by atoms with van der Waals surface area (Å²) in [5, 5.41) is 8.90. The zero-order chi connectivity index (χ0) is 18.1. The van der Waals surface area contributed by atoms with Gasteiger partial charge >= 0.3 is 5.97 Å². The molecular formula is C18H24FNO4. The Hall–Kier alpha value is -2.11. The van der Waals surface area contributed by atoms with Crippen molar-refractivity contribution in [2.24, 2.45) is 0 Å². The molecule has 132 valence electrons. The summed E-state index contributed by atoms with van der Waals surface area (Å²) in [6, 6.07) is 5.66. The molecule has 1 amide bonds. The Morgan fingerprint density at radius 3 is 2.50 bits per heavy atom. The highest BCUT2D eigenvalue weighted by Crippen LogP contribution is 2.28. The van der Waals surface area contributed by atoms with Crippen molar-refractivity contribution in [2.45, 2.75) is 51.8 Å². The normalized spacial score (nSPS) is 21.8. The summed E-state index contributed by atoms with van der Waals surface area (Å²) in [5.74, 6) is -0.953. The van der Waals surface area contributed by atoms with Gasteiger partial charge in [-0.05, 0) is 43.0 Å². The maximum atomic E-state index is 14.1. The second-order valence-electron chi connectivity index (χ2n) is 6.71. The largest absolute Gasteiger partial charge is 0.481 e. The molecule has 1 N–H and O–H groups in total. The summed E-state index contributed by atoms with van der Waals surface area (Å²) in [6.07, 6.45) is -0.992. The molecule has 0 aromatic heterocycles. The number of benzene rings is 1. The number of carboxylic acids is 1. The van der Waals surface area contributed by atoms with Crippen molar-refractivity contribution in [3.8, 4) is 5.75 Å². The van der Waals surface area contributed by atoms with Crippen LogP contribution >= 0.6 is 0 Å². The van der Waals surface area contributed by atoms with Crippen LogP contribution in [-0.2, 0) is 9.59 Å². The predicted molar refractivity (Wildman–Crippen MR) is 88.0 cm³/mol. The summed E-state index contributed by atoms with van der Waals surface area (Å²) < 4.78 is 19.7. The highest BCUT2D eigenvalue weighted by Gasteiger charge is 2.47. The standard InChI is InChI=1S/C18H24FNO4/c1-11(2)15-6-5-14(9-12(15)3)24-13(4)16(21)20-8-7-18(19,10-20)17(22)23/h5-6,9,11,13H,7-8,10H2,1-4H3,(H,22,23). The molecule has 1 saturated heterocycles.